The number of hydrogen-bond donors (Lipinski definition) is 2. The van der Waals surface area contributed by atoms with Crippen LogP contribution in [0.25, 0.3) is 0 Å². The average molecular weight is 221 g/mol. The lowest BCUT2D eigenvalue weighted by Crippen LogP contribution is -2.40. The summed E-state index contributed by atoms with van der Waals surface area (Å²) < 4.78 is 0. The Balaban J connectivity index is 1.98. The van der Waals surface area contributed by atoms with E-state index in [2.05, 4.69) is 10.3 Å². The average Bonchev–Trinajstić information content (AvgIpc) is 2.78. The molecule has 0 saturated carbocycles. The molecule has 1 aliphatic heterocycles. The fraction of sp³-hybridized carbons (Fsp3) is 0.455. The molecule has 2 N–H and O–H groups in total. The highest BCUT2D eigenvalue weighted by atomic mass is 16.3. The van der Waals surface area contributed by atoms with Gasteiger partial charge in [0.05, 0.1) is 24.5 Å². The zero-order valence-corrected chi connectivity index (χ0v) is 8.97. The van der Waals surface area contributed by atoms with Crippen molar-refractivity contribution in [1.29, 1.82) is 0 Å². The third-order valence-corrected chi connectivity index (χ3v) is 2.76. The summed E-state index contributed by atoms with van der Waals surface area (Å²) in [6.45, 7) is 0.734. The molecule has 0 unspecified atom stereocenters. The van der Waals surface area contributed by atoms with Gasteiger partial charge in [-0.3, -0.25) is 4.98 Å². The van der Waals surface area contributed by atoms with Gasteiger partial charge < -0.3 is 15.3 Å². The Kier molecular flexibility index (Phi) is 3.36. The number of hydrogen-bond acceptors (Lipinski definition) is 3. The zero-order valence-electron chi connectivity index (χ0n) is 8.97. The lowest BCUT2D eigenvalue weighted by Gasteiger charge is -2.23. The number of aliphatic hydroxyl groups excluding tert-OH is 1. The minimum Gasteiger partial charge on any atom is -0.394 e. The summed E-state index contributed by atoms with van der Waals surface area (Å²) in [7, 11) is 0. The number of amides is 2. The Bertz CT molecular complexity index is 356. The predicted molar refractivity (Wildman–Crippen MR) is 60.1 cm³/mol. The van der Waals surface area contributed by atoms with E-state index in [1.165, 1.54) is 0 Å². The van der Waals surface area contributed by atoms with Crippen LogP contribution >= 0.6 is 0 Å². The highest BCUT2D eigenvalue weighted by molar-refractivity contribution is 5.89. The highest BCUT2D eigenvalue weighted by Crippen LogP contribution is 2.17. The summed E-state index contributed by atoms with van der Waals surface area (Å²) in [4.78, 5) is 17.5. The summed E-state index contributed by atoms with van der Waals surface area (Å²) in [5, 5.41) is 11.9. The van der Waals surface area contributed by atoms with Crippen LogP contribution in [-0.4, -0.2) is 40.2 Å². The van der Waals surface area contributed by atoms with Crippen molar-refractivity contribution in [2.75, 3.05) is 18.5 Å². The number of carbonyl (C=O) groups excluding carboxylic acids is 1. The van der Waals surface area contributed by atoms with Gasteiger partial charge in [-0.15, -0.1) is 0 Å². The molecule has 1 fully saturated rings. The Hall–Kier alpha value is -1.62. The SMILES string of the molecule is O=C(Nc1cccnc1)N1CCC[C@@H]1CO. The van der Waals surface area contributed by atoms with E-state index in [0.29, 0.717) is 12.2 Å². The molecule has 0 radical (unpaired) electrons. The molecule has 1 aliphatic rings. The van der Waals surface area contributed by atoms with Crippen LogP contribution in [0.15, 0.2) is 24.5 Å². The summed E-state index contributed by atoms with van der Waals surface area (Å²) in [5.74, 6) is 0. The first-order valence-corrected chi connectivity index (χ1v) is 5.40. The lowest BCUT2D eigenvalue weighted by atomic mass is 10.2. The number of carbonyl (C=O) groups is 1. The van der Waals surface area contributed by atoms with Crippen molar-refractivity contribution in [1.82, 2.24) is 9.88 Å². The second-order valence-electron chi connectivity index (χ2n) is 3.84. The molecule has 0 aromatic carbocycles. The van der Waals surface area contributed by atoms with Gasteiger partial charge in [0.15, 0.2) is 0 Å². The molecular weight excluding hydrogens is 206 g/mol. The molecule has 0 aliphatic carbocycles. The van der Waals surface area contributed by atoms with Gasteiger partial charge in [0.1, 0.15) is 0 Å². The van der Waals surface area contributed by atoms with Crippen molar-refractivity contribution in [2.45, 2.75) is 18.9 Å². The van der Waals surface area contributed by atoms with E-state index < -0.39 is 0 Å². The number of nitrogens with one attached hydrogen (secondary N) is 1. The van der Waals surface area contributed by atoms with Gasteiger partial charge in [-0.25, -0.2) is 4.79 Å². The summed E-state index contributed by atoms with van der Waals surface area (Å²) in [6, 6.07) is 3.35. The predicted octanol–water partition coefficient (Wildman–Crippen LogP) is 1.07. The van der Waals surface area contributed by atoms with Crippen LogP contribution in [0.3, 0.4) is 0 Å². The van der Waals surface area contributed by atoms with Crippen molar-refractivity contribution < 1.29 is 9.90 Å². The molecule has 0 bridgehead atoms. The summed E-state index contributed by atoms with van der Waals surface area (Å²) in [5.41, 5.74) is 0.677. The second-order valence-corrected chi connectivity index (χ2v) is 3.84. The van der Waals surface area contributed by atoms with Crippen LogP contribution in [0.4, 0.5) is 10.5 Å². The van der Waals surface area contributed by atoms with Gasteiger partial charge >= 0.3 is 6.03 Å². The number of likely N-dealkylation sites (tertiary alicyclic amines) is 1. The summed E-state index contributed by atoms with van der Waals surface area (Å²) in [6.07, 6.45) is 5.08. The van der Waals surface area contributed by atoms with Crippen LogP contribution < -0.4 is 5.32 Å². The first-order valence-electron chi connectivity index (χ1n) is 5.40. The molecule has 5 nitrogen and oxygen atoms in total. The minimum atomic E-state index is -0.162. The largest absolute Gasteiger partial charge is 0.394 e. The van der Waals surface area contributed by atoms with Crippen molar-refractivity contribution in [3.63, 3.8) is 0 Å². The number of aliphatic hydroxyl groups is 1. The molecule has 16 heavy (non-hydrogen) atoms. The van der Waals surface area contributed by atoms with Gasteiger partial charge in [-0.1, -0.05) is 0 Å². The standard InChI is InChI=1S/C11H15N3O2/c15-8-10-4-2-6-14(10)11(16)13-9-3-1-5-12-7-9/h1,3,5,7,10,15H,2,4,6,8H2,(H,13,16)/t10-/m1/s1. The normalized spacial score (nSPS) is 19.8. The van der Waals surface area contributed by atoms with E-state index in [9.17, 15) is 4.79 Å². The maximum absolute atomic E-state index is 11.9. The van der Waals surface area contributed by atoms with E-state index >= 15 is 0 Å². The molecular formula is C11H15N3O2. The highest BCUT2D eigenvalue weighted by Gasteiger charge is 2.27. The maximum atomic E-state index is 11.9. The monoisotopic (exact) mass is 221 g/mol. The van der Waals surface area contributed by atoms with Gasteiger partial charge in [-0.2, -0.15) is 0 Å². The lowest BCUT2D eigenvalue weighted by molar-refractivity contribution is 0.166. The minimum absolute atomic E-state index is 0.0282. The molecule has 0 spiro atoms. The Labute approximate surface area is 94.1 Å². The van der Waals surface area contributed by atoms with Crippen LogP contribution in [0, 0.1) is 0 Å². The second kappa shape index (κ2) is 4.94. The van der Waals surface area contributed by atoms with Gasteiger partial charge in [0.25, 0.3) is 0 Å². The Morgan fingerprint density at radius 1 is 1.69 bits per heavy atom. The van der Waals surface area contributed by atoms with Crippen molar-refractivity contribution in [2.24, 2.45) is 0 Å². The molecule has 1 saturated heterocycles. The number of rotatable bonds is 2. The van der Waals surface area contributed by atoms with E-state index in [4.69, 9.17) is 5.11 Å². The Morgan fingerprint density at radius 2 is 2.56 bits per heavy atom. The van der Waals surface area contributed by atoms with E-state index in [1.807, 2.05) is 0 Å². The van der Waals surface area contributed by atoms with E-state index in [-0.39, 0.29) is 18.7 Å². The van der Waals surface area contributed by atoms with Gasteiger partial charge in [0, 0.05) is 12.7 Å². The van der Waals surface area contributed by atoms with Crippen LogP contribution in [0.5, 0.6) is 0 Å². The maximum Gasteiger partial charge on any atom is 0.322 e. The zero-order chi connectivity index (χ0) is 11.4. The number of aromatic nitrogens is 1. The number of urea groups is 1. The fourth-order valence-corrected chi connectivity index (χ4v) is 1.92. The van der Waals surface area contributed by atoms with Crippen molar-refractivity contribution >= 4 is 11.7 Å². The molecule has 2 amide bonds. The molecule has 1 aromatic heterocycles. The molecule has 86 valence electrons. The van der Waals surface area contributed by atoms with Crippen LogP contribution in [-0.2, 0) is 0 Å². The van der Waals surface area contributed by atoms with Crippen LogP contribution in [0.1, 0.15) is 12.8 Å². The molecule has 1 aromatic rings. The number of pyridine rings is 1. The van der Waals surface area contributed by atoms with Crippen molar-refractivity contribution in [3.8, 4) is 0 Å². The third kappa shape index (κ3) is 2.30. The molecule has 1 atom stereocenters. The smallest absolute Gasteiger partial charge is 0.322 e. The quantitative estimate of drug-likeness (QED) is 0.785. The first kappa shape index (κ1) is 10.9. The van der Waals surface area contributed by atoms with E-state index in [0.717, 1.165) is 12.8 Å². The molecule has 5 heteroatoms. The topological polar surface area (TPSA) is 65.5 Å². The summed E-state index contributed by atoms with van der Waals surface area (Å²) >= 11 is 0. The molecule has 2 heterocycles. The van der Waals surface area contributed by atoms with Gasteiger partial charge in [-0.05, 0) is 25.0 Å². The van der Waals surface area contributed by atoms with E-state index in [1.54, 1.807) is 29.4 Å². The molecule has 2 rings (SSSR count). The van der Waals surface area contributed by atoms with Crippen LogP contribution in [0.2, 0.25) is 0 Å². The Morgan fingerprint density at radius 3 is 3.25 bits per heavy atom. The third-order valence-electron chi connectivity index (χ3n) is 2.76. The first-order chi connectivity index (χ1) is 7.81. The number of nitrogens with zero attached hydrogens (tertiary/aromatic N) is 2. The fourth-order valence-electron chi connectivity index (χ4n) is 1.92. The van der Waals surface area contributed by atoms with Gasteiger partial charge in [0.2, 0.25) is 0 Å². The number of anilines is 1. The van der Waals surface area contributed by atoms with Crippen molar-refractivity contribution in [3.05, 3.63) is 24.5 Å².